The molecule has 0 atom stereocenters. The van der Waals surface area contributed by atoms with Gasteiger partial charge >= 0.3 is 0 Å². The highest BCUT2D eigenvalue weighted by atomic mass is 19.1. The maximum atomic E-state index is 14.2. The Morgan fingerprint density at radius 3 is 1.28 bits per heavy atom. The van der Waals surface area contributed by atoms with E-state index < -0.39 is 0 Å². The molecule has 0 spiro atoms. The van der Waals surface area contributed by atoms with E-state index in [2.05, 4.69) is 62.4 Å². The van der Waals surface area contributed by atoms with Crippen LogP contribution in [0, 0.1) is 25.5 Å². The lowest BCUT2D eigenvalue weighted by atomic mass is 10.0. The molecule has 0 bridgehead atoms. The minimum absolute atomic E-state index is 0.187. The lowest BCUT2D eigenvalue weighted by Gasteiger charge is -2.23. The molecule has 316 valence electrons. The third-order valence-corrected chi connectivity index (χ3v) is 9.15. The van der Waals surface area contributed by atoms with Crippen molar-refractivity contribution in [1.29, 1.82) is 0 Å². The number of hydrogen-bond acceptors (Lipinski definition) is 6. The van der Waals surface area contributed by atoms with Gasteiger partial charge in [0.2, 0.25) is 0 Å². The number of carbonyl (C=O) groups excluding carboxylic acids is 2. The fraction of sp³-hybridized carbons (Fsp3) is 0.375. The molecule has 0 radical (unpaired) electrons. The number of pyridine rings is 2. The zero-order valence-electron chi connectivity index (χ0n) is 37.3. The quantitative estimate of drug-likeness (QED) is 0.173. The number of benzene rings is 2. The topological polar surface area (TPSA) is 120 Å². The summed E-state index contributed by atoms with van der Waals surface area (Å²) in [5, 5.41) is 14.9. The van der Waals surface area contributed by atoms with E-state index in [-0.39, 0.29) is 45.6 Å². The lowest BCUT2D eigenvalue weighted by Crippen LogP contribution is -2.40. The Morgan fingerprint density at radius 2 is 0.900 bits per heavy atom. The Labute approximate surface area is 352 Å². The Balaban J connectivity index is 0.000000228. The van der Waals surface area contributed by atoms with E-state index in [0.717, 1.165) is 17.0 Å². The van der Waals surface area contributed by atoms with Gasteiger partial charge in [0, 0.05) is 45.7 Å². The minimum Gasteiger partial charge on any atom is -0.347 e. The van der Waals surface area contributed by atoms with Crippen LogP contribution in [-0.4, -0.2) is 52.4 Å². The van der Waals surface area contributed by atoms with Gasteiger partial charge in [0.05, 0.1) is 45.2 Å². The van der Waals surface area contributed by atoms with Crippen LogP contribution in [0.3, 0.4) is 0 Å². The van der Waals surface area contributed by atoms with Crippen molar-refractivity contribution in [3.8, 4) is 45.3 Å². The SMILES string of the molecule is Cc1cc(-c2cc(C(=O)NC(C)(C)C)cc(-c3ccnn3C(C)(C)C)n2)ccc1F.Cc1ccc(-c2cc(C(=O)NC(C)(C)C)cc(-c3ccnn3C(C)(C)C)n2)cc1F. The molecule has 0 aliphatic carbocycles. The average Bonchev–Trinajstić information content (AvgIpc) is 3.84. The molecule has 0 aliphatic rings. The van der Waals surface area contributed by atoms with E-state index in [4.69, 9.17) is 9.97 Å². The highest BCUT2D eigenvalue weighted by Crippen LogP contribution is 2.31. The van der Waals surface area contributed by atoms with Crippen molar-refractivity contribution >= 4 is 11.8 Å². The van der Waals surface area contributed by atoms with E-state index in [1.54, 1.807) is 68.7 Å². The number of aromatic nitrogens is 6. The average molecular weight is 817 g/mol. The minimum atomic E-state index is -0.385. The molecule has 10 nitrogen and oxygen atoms in total. The molecule has 0 saturated heterocycles. The van der Waals surface area contributed by atoms with Gasteiger partial charge in [-0.15, -0.1) is 0 Å². The molecular weight excluding hydrogens is 759 g/mol. The Kier molecular flexibility index (Phi) is 12.7. The van der Waals surface area contributed by atoms with Crippen LogP contribution in [0.4, 0.5) is 8.78 Å². The maximum Gasteiger partial charge on any atom is 0.251 e. The van der Waals surface area contributed by atoms with Crippen LogP contribution < -0.4 is 10.6 Å². The number of hydrogen-bond donors (Lipinski definition) is 2. The molecule has 6 rings (SSSR count). The molecule has 2 N–H and O–H groups in total. The summed E-state index contributed by atoms with van der Waals surface area (Å²) in [5.74, 6) is -0.971. The molecule has 4 heterocycles. The third-order valence-electron chi connectivity index (χ3n) is 9.15. The first kappa shape index (κ1) is 45.1. The predicted molar refractivity (Wildman–Crippen MR) is 236 cm³/mol. The van der Waals surface area contributed by atoms with Crippen LogP contribution >= 0.6 is 0 Å². The van der Waals surface area contributed by atoms with Gasteiger partial charge in [-0.2, -0.15) is 10.2 Å². The van der Waals surface area contributed by atoms with Gasteiger partial charge < -0.3 is 10.6 Å². The molecule has 0 aliphatic heterocycles. The molecule has 2 amide bonds. The summed E-state index contributed by atoms with van der Waals surface area (Å²) >= 11 is 0. The summed E-state index contributed by atoms with van der Waals surface area (Å²) in [6.45, 7) is 27.4. The summed E-state index contributed by atoms with van der Waals surface area (Å²) in [6, 6.07) is 20.6. The molecule has 2 aromatic carbocycles. The number of rotatable bonds is 6. The van der Waals surface area contributed by atoms with Gasteiger partial charge in [0.25, 0.3) is 11.8 Å². The second kappa shape index (κ2) is 16.9. The number of halogens is 2. The maximum absolute atomic E-state index is 14.2. The van der Waals surface area contributed by atoms with Crippen LogP contribution in [0.5, 0.6) is 0 Å². The molecule has 4 aromatic heterocycles. The van der Waals surface area contributed by atoms with Crippen LogP contribution in [0.15, 0.2) is 85.2 Å². The fourth-order valence-corrected chi connectivity index (χ4v) is 6.33. The summed E-state index contributed by atoms with van der Waals surface area (Å²) < 4.78 is 31.8. The van der Waals surface area contributed by atoms with E-state index in [1.807, 2.05) is 69.1 Å². The normalized spacial score (nSPS) is 12.1. The number of carbonyl (C=O) groups is 2. The van der Waals surface area contributed by atoms with Crippen LogP contribution in [0.1, 0.15) is 115 Å². The Hall–Kier alpha value is -6.04. The molecule has 60 heavy (non-hydrogen) atoms. The monoisotopic (exact) mass is 816 g/mol. The number of amides is 2. The second-order valence-corrected chi connectivity index (χ2v) is 19.2. The van der Waals surface area contributed by atoms with Crippen molar-refractivity contribution in [2.75, 3.05) is 0 Å². The van der Waals surface area contributed by atoms with Crippen molar-refractivity contribution in [2.45, 2.75) is 119 Å². The summed E-state index contributed by atoms with van der Waals surface area (Å²) in [5.41, 5.74) is 6.14. The third kappa shape index (κ3) is 11.2. The smallest absolute Gasteiger partial charge is 0.251 e. The number of nitrogens with zero attached hydrogens (tertiary/aromatic N) is 6. The van der Waals surface area contributed by atoms with Gasteiger partial charge in [-0.05, 0) is 169 Å². The van der Waals surface area contributed by atoms with Gasteiger partial charge in [0.1, 0.15) is 11.6 Å². The Bertz CT molecular complexity index is 2350. The Morgan fingerprint density at radius 1 is 0.500 bits per heavy atom. The first-order chi connectivity index (χ1) is 27.7. The van der Waals surface area contributed by atoms with Crippen molar-refractivity contribution in [1.82, 2.24) is 40.2 Å². The van der Waals surface area contributed by atoms with Crippen molar-refractivity contribution < 1.29 is 18.4 Å². The molecule has 0 fully saturated rings. The molecule has 0 saturated carbocycles. The molecule has 12 heteroatoms. The van der Waals surface area contributed by atoms with Crippen molar-refractivity contribution in [3.63, 3.8) is 0 Å². The van der Waals surface area contributed by atoms with Crippen molar-refractivity contribution in [3.05, 3.63) is 119 Å². The first-order valence-electron chi connectivity index (χ1n) is 20.0. The van der Waals surface area contributed by atoms with E-state index in [9.17, 15) is 18.4 Å². The standard InChI is InChI=1S/2C24H29FN4O/c1-15-12-16(8-9-18(15)25)19-13-17(22(30)28-23(2,3)4)14-20(27-19)21-10-11-26-29(21)24(5,6)7;1-15-8-9-16(12-18(15)25)19-13-17(22(30)28-23(2,3)4)14-20(27-19)21-10-11-26-29(21)24(5,6)7/h2*8-14H,1-7H3,(H,28,30). The van der Waals surface area contributed by atoms with Crippen LogP contribution in [-0.2, 0) is 11.1 Å². The predicted octanol–water partition coefficient (Wildman–Crippen LogP) is 10.7. The fourth-order valence-electron chi connectivity index (χ4n) is 6.33. The zero-order chi connectivity index (χ0) is 44.5. The van der Waals surface area contributed by atoms with Gasteiger partial charge in [-0.3, -0.25) is 19.0 Å². The highest BCUT2D eigenvalue weighted by molar-refractivity contribution is 5.97. The first-order valence-corrected chi connectivity index (χ1v) is 20.0. The van der Waals surface area contributed by atoms with E-state index in [0.29, 0.717) is 50.6 Å². The van der Waals surface area contributed by atoms with Gasteiger partial charge in [-0.1, -0.05) is 12.1 Å². The molecule has 6 aromatic rings. The molecular formula is C48H58F2N8O2. The number of aryl methyl sites for hydroxylation is 2. The van der Waals surface area contributed by atoms with E-state index in [1.165, 1.54) is 12.1 Å². The largest absolute Gasteiger partial charge is 0.347 e. The van der Waals surface area contributed by atoms with Crippen LogP contribution in [0.2, 0.25) is 0 Å². The summed E-state index contributed by atoms with van der Waals surface area (Å²) in [6.07, 6.45) is 3.45. The van der Waals surface area contributed by atoms with Gasteiger partial charge in [0.15, 0.2) is 0 Å². The summed E-state index contributed by atoms with van der Waals surface area (Å²) in [4.78, 5) is 35.4. The second-order valence-electron chi connectivity index (χ2n) is 19.2. The van der Waals surface area contributed by atoms with Gasteiger partial charge in [-0.25, -0.2) is 18.7 Å². The van der Waals surface area contributed by atoms with Crippen molar-refractivity contribution in [2.24, 2.45) is 0 Å². The number of nitrogens with one attached hydrogen (secondary N) is 2. The van der Waals surface area contributed by atoms with Crippen LogP contribution in [0.25, 0.3) is 45.3 Å². The summed E-state index contributed by atoms with van der Waals surface area (Å²) in [7, 11) is 0. The highest BCUT2D eigenvalue weighted by Gasteiger charge is 2.24. The lowest BCUT2D eigenvalue weighted by molar-refractivity contribution is 0.0910. The molecule has 0 unspecified atom stereocenters. The van der Waals surface area contributed by atoms with E-state index >= 15 is 0 Å². The zero-order valence-corrected chi connectivity index (χ0v) is 37.3.